The summed E-state index contributed by atoms with van der Waals surface area (Å²) in [6.45, 7) is -20.5. The van der Waals surface area contributed by atoms with Crippen LogP contribution in [0.5, 0.6) is 5.75 Å². The van der Waals surface area contributed by atoms with Crippen molar-refractivity contribution >= 4 is 11.0 Å². The number of hydrogen-bond donors (Lipinski definition) is 1. The van der Waals surface area contributed by atoms with Crippen LogP contribution in [-0.2, 0) is 38.3 Å². The summed E-state index contributed by atoms with van der Waals surface area (Å²) in [4.78, 5) is 9.98. The maximum atomic E-state index is 13.1. The number of aromatic hydroxyl groups is 1. The number of aromatic nitrogens is 3. The molecule has 0 spiro atoms. The van der Waals surface area contributed by atoms with E-state index in [1.165, 1.54) is 4.57 Å². The van der Waals surface area contributed by atoms with Crippen LogP contribution >= 0.6 is 0 Å². The van der Waals surface area contributed by atoms with Gasteiger partial charge in [-0.05, 0) is 86.9 Å². The van der Waals surface area contributed by atoms with E-state index in [0.29, 0.717) is 51.7 Å². The number of hydrogen-bond acceptors (Lipinski definition) is 3. The molecule has 0 fully saturated rings. The minimum Gasteiger partial charge on any atom is -0.507 e. The molecule has 9 aromatic rings. The van der Waals surface area contributed by atoms with Gasteiger partial charge in [-0.2, -0.15) is 0 Å². The summed E-state index contributed by atoms with van der Waals surface area (Å²) in [5.74, 6) is -1.59. The SMILES string of the molecule is [2H]C([2H])([2H])C(c1cc(-c2nc3c(-c4[c-]c(-c5cc(-c6ccccc6)ccn5)cc(-c5ccccc5)c4)cccc3n2-c2ccc(CC(C)C)cc2-c2ccccc2)c(O)c(C(C([2H])([2H])[2H])(C([2H])([2H])[2H])C([2H])([2H])[2H])c1)(C([2H])([2H])[2H])C([2H])([2H])[2H].[Pt]. The molecule has 0 aliphatic carbocycles. The van der Waals surface area contributed by atoms with E-state index < -0.39 is 80.2 Å². The zero-order valence-electron chi connectivity index (χ0n) is 53.6. The van der Waals surface area contributed by atoms with Gasteiger partial charge in [0.05, 0.1) is 22.3 Å². The quantitative estimate of drug-likeness (QED) is 0.147. The number of phenols is 1. The van der Waals surface area contributed by atoms with Crippen molar-refractivity contribution in [2.45, 2.75) is 72.2 Å². The van der Waals surface area contributed by atoms with Crippen molar-refractivity contribution in [3.63, 3.8) is 0 Å². The van der Waals surface area contributed by atoms with Gasteiger partial charge in [-0.15, -0.1) is 23.8 Å². The normalized spacial score (nSPS) is 17.1. The van der Waals surface area contributed by atoms with Crippen LogP contribution in [0.3, 0.4) is 0 Å². The Morgan fingerprint density at radius 1 is 0.600 bits per heavy atom. The number of rotatable bonds is 9. The predicted octanol–water partition coefficient (Wildman–Crippen LogP) is 15.7. The minimum atomic E-state index is -4.14. The smallest absolute Gasteiger partial charge is 0.148 e. The Kier molecular flexibility index (Phi) is 7.83. The number of imidazole rings is 1. The van der Waals surface area contributed by atoms with E-state index >= 15 is 0 Å². The summed E-state index contributed by atoms with van der Waals surface area (Å²) >= 11 is 0. The van der Waals surface area contributed by atoms with Crippen molar-refractivity contribution < 1.29 is 50.8 Å². The van der Waals surface area contributed by atoms with E-state index in [-0.39, 0.29) is 38.0 Å². The average molecular weight is 1050 g/mol. The zero-order chi connectivity index (χ0) is 59.8. The van der Waals surface area contributed by atoms with E-state index in [2.05, 4.69) is 6.07 Å². The summed E-state index contributed by atoms with van der Waals surface area (Å²) in [6, 6.07) is 51.3. The van der Waals surface area contributed by atoms with Crippen LogP contribution in [0, 0.1) is 12.0 Å². The number of fused-ring (bicyclic) bond motifs is 1. The molecule has 0 aliphatic rings. The van der Waals surface area contributed by atoms with Gasteiger partial charge in [0.15, 0.2) is 0 Å². The molecule has 9 rings (SSSR count). The fourth-order valence-corrected chi connectivity index (χ4v) is 8.31. The maximum Gasteiger partial charge on any atom is 0.148 e. The summed E-state index contributed by atoms with van der Waals surface area (Å²) in [5, 5.41) is 13.1. The predicted molar refractivity (Wildman–Crippen MR) is 268 cm³/mol. The molecule has 0 unspecified atom stereocenters. The third-order valence-electron chi connectivity index (χ3n) is 11.3. The summed E-state index contributed by atoms with van der Waals surface area (Å²) in [5.41, 5.74) is -3.40. The van der Waals surface area contributed by atoms with Crippen LogP contribution in [0.15, 0.2) is 170 Å². The molecule has 2 aromatic heterocycles. The average Bonchev–Trinajstić information content (AvgIpc) is 1.55. The molecule has 4 nitrogen and oxygen atoms in total. The van der Waals surface area contributed by atoms with Gasteiger partial charge in [-0.1, -0.05) is 193 Å². The maximum absolute atomic E-state index is 13.1. The third kappa shape index (κ3) is 9.29. The molecule has 0 amide bonds. The van der Waals surface area contributed by atoms with Crippen LogP contribution in [0.25, 0.3) is 83.9 Å². The van der Waals surface area contributed by atoms with E-state index in [1.54, 1.807) is 30.5 Å². The molecule has 0 saturated carbocycles. The van der Waals surface area contributed by atoms with Gasteiger partial charge >= 0.3 is 0 Å². The molecule has 0 bridgehead atoms. The Balaban J connectivity index is 0.00000900. The van der Waals surface area contributed by atoms with Crippen molar-refractivity contribution in [2.24, 2.45) is 5.92 Å². The second-order valence-corrected chi connectivity index (χ2v) is 16.5. The summed E-state index contributed by atoms with van der Waals surface area (Å²) in [7, 11) is 0. The first-order chi connectivity index (χ1) is 38.2. The largest absolute Gasteiger partial charge is 0.507 e. The third-order valence-corrected chi connectivity index (χ3v) is 11.3. The van der Waals surface area contributed by atoms with Crippen LogP contribution in [0.4, 0.5) is 0 Å². The second-order valence-electron chi connectivity index (χ2n) is 16.5. The van der Waals surface area contributed by atoms with Gasteiger partial charge in [-0.3, -0.25) is 9.55 Å². The van der Waals surface area contributed by atoms with Crippen molar-refractivity contribution in [3.05, 3.63) is 193 Å². The van der Waals surface area contributed by atoms with Gasteiger partial charge < -0.3 is 5.11 Å². The number of phenolic OH excluding ortho intramolecular Hbond substituents is 1. The second kappa shape index (κ2) is 18.3. The molecule has 0 saturated heterocycles. The number of para-hydroxylation sites is 1. The summed E-state index contributed by atoms with van der Waals surface area (Å²) in [6.07, 6.45) is 2.31. The van der Waals surface area contributed by atoms with E-state index in [4.69, 9.17) is 34.6 Å². The first kappa shape index (κ1) is 27.9. The van der Waals surface area contributed by atoms with E-state index in [1.807, 2.05) is 141 Å². The first-order valence-corrected chi connectivity index (χ1v) is 21.0. The van der Waals surface area contributed by atoms with Gasteiger partial charge in [0.25, 0.3) is 0 Å². The molecule has 1 N–H and O–H groups in total. The summed E-state index contributed by atoms with van der Waals surface area (Å²) < 4.78 is 160. The molecular weight excluding hydrogens is 974 g/mol. The van der Waals surface area contributed by atoms with Gasteiger partial charge in [0.1, 0.15) is 11.6 Å². The number of nitrogens with zero attached hydrogens (tertiary/aromatic N) is 3. The van der Waals surface area contributed by atoms with Gasteiger partial charge in [0.2, 0.25) is 0 Å². The molecule has 65 heavy (non-hydrogen) atoms. The Labute approximate surface area is 424 Å². The fraction of sp³-hybridized carbons (Fsp3) is 0.200. The topological polar surface area (TPSA) is 50.9 Å². The number of benzene rings is 7. The van der Waals surface area contributed by atoms with Crippen LogP contribution < -0.4 is 0 Å². The molecule has 0 atom stereocenters. The van der Waals surface area contributed by atoms with Crippen LogP contribution in [-0.4, -0.2) is 19.6 Å². The van der Waals surface area contributed by atoms with Gasteiger partial charge in [-0.25, -0.2) is 4.98 Å². The van der Waals surface area contributed by atoms with E-state index in [0.717, 1.165) is 33.9 Å². The van der Waals surface area contributed by atoms with Crippen molar-refractivity contribution in [3.8, 4) is 78.6 Å². The van der Waals surface area contributed by atoms with Gasteiger partial charge in [0, 0.05) is 68.8 Å². The molecular formula is C60H56N3OPt-. The zero-order valence-corrected chi connectivity index (χ0v) is 37.8. The van der Waals surface area contributed by atoms with Crippen LogP contribution in [0.1, 0.15) is 96.3 Å². The molecule has 328 valence electrons. The molecule has 5 heteroatoms. The molecule has 7 aromatic carbocycles. The molecule has 0 radical (unpaired) electrons. The molecule has 0 aliphatic heterocycles. The molecule has 2 heterocycles. The van der Waals surface area contributed by atoms with Crippen molar-refractivity contribution in [2.75, 3.05) is 0 Å². The minimum absolute atomic E-state index is 0. The number of pyridine rings is 1. The van der Waals surface area contributed by atoms with E-state index in [9.17, 15) is 5.11 Å². The first-order valence-electron chi connectivity index (χ1n) is 30.0. The monoisotopic (exact) mass is 1050 g/mol. The van der Waals surface area contributed by atoms with Crippen LogP contribution in [0.2, 0.25) is 0 Å². The van der Waals surface area contributed by atoms with Crippen molar-refractivity contribution in [1.82, 2.24) is 14.5 Å². The van der Waals surface area contributed by atoms with Crippen molar-refractivity contribution in [1.29, 1.82) is 0 Å². The Hall–Kier alpha value is -6.35. The Morgan fingerprint density at radius 3 is 1.91 bits per heavy atom. The fourth-order valence-electron chi connectivity index (χ4n) is 8.31. The Bertz CT molecular complexity index is 3740. The Morgan fingerprint density at radius 2 is 1.25 bits per heavy atom. The standard InChI is InChI=1S/C60H56N3O.Pt/c1-39(2)31-40-27-28-54(50(32-40)43-23-16-11-17-24-43)63-55-26-18-25-49(56(55)62-58(63)51-37-48(59(3,4)5)38-52(57(51)64)60(6,7)8)46-33-45(42-21-14-10-15-22-42)34-47(35-46)53-36-44(29-30-61-53)41-19-12-9-13-20-41;/h9-30,32-34,36-39,64H,31H2,1-8H3;/q-1;/i3D3,4D3,5D3,6D3,7D3,8D3;.